The third-order valence-corrected chi connectivity index (χ3v) is 10.0. The summed E-state index contributed by atoms with van der Waals surface area (Å²) >= 11 is 0. The Morgan fingerprint density at radius 1 is 0.562 bits per heavy atom. The van der Waals surface area contributed by atoms with Gasteiger partial charge in [-0.2, -0.15) is 0 Å². The van der Waals surface area contributed by atoms with Gasteiger partial charge in [0.05, 0.1) is 19.8 Å². The Bertz CT molecular complexity index is 1310. The zero-order valence-electron chi connectivity index (χ0n) is 19.2. The summed E-state index contributed by atoms with van der Waals surface area (Å²) < 4.78 is 0. The molecule has 6 rings (SSSR count). The van der Waals surface area contributed by atoms with E-state index in [-0.39, 0.29) is 41.5 Å². The molecule has 3 aliphatic carbocycles. The Kier molecular flexibility index (Phi) is 3.72. The molecule has 164 valence electrons. The summed E-state index contributed by atoms with van der Waals surface area (Å²) in [5, 5.41) is 30.3. The van der Waals surface area contributed by atoms with E-state index in [1.807, 2.05) is 6.07 Å². The van der Waals surface area contributed by atoms with Gasteiger partial charge < -0.3 is 15.3 Å². The molecule has 0 bridgehead atoms. The van der Waals surface area contributed by atoms with Crippen LogP contribution in [0.25, 0.3) is 0 Å². The van der Waals surface area contributed by atoms with Gasteiger partial charge in [-0.05, 0) is 50.1 Å². The fourth-order valence-electron chi connectivity index (χ4n) is 8.34. The number of benzene rings is 3. The molecule has 3 N–H and O–H groups in total. The SMILES string of the molecule is C[C@@]12c3cc(CO)ccc3[C@@]3(C)c4cccc(CO)c4[C@@](C)(c4cc(CO)ccc41)[C@@]23C. The van der Waals surface area contributed by atoms with E-state index in [0.717, 1.165) is 16.7 Å². The quantitative estimate of drug-likeness (QED) is 0.581. The normalized spacial score (nSPS) is 33.1. The average molecular weight is 427 g/mol. The van der Waals surface area contributed by atoms with Gasteiger partial charge in [-0.15, -0.1) is 0 Å². The molecule has 0 spiro atoms. The van der Waals surface area contributed by atoms with Gasteiger partial charge in [0.2, 0.25) is 0 Å². The van der Waals surface area contributed by atoms with E-state index in [4.69, 9.17) is 0 Å². The monoisotopic (exact) mass is 426 g/mol. The number of rotatable bonds is 3. The summed E-state index contributed by atoms with van der Waals surface area (Å²) in [4.78, 5) is 0. The summed E-state index contributed by atoms with van der Waals surface area (Å²) in [7, 11) is 0. The molecule has 0 radical (unpaired) electrons. The molecule has 0 aromatic heterocycles. The molecule has 0 saturated heterocycles. The number of aliphatic hydroxyl groups excluding tert-OH is 3. The molecule has 4 atom stereocenters. The Morgan fingerprint density at radius 3 is 1.62 bits per heavy atom. The topological polar surface area (TPSA) is 60.7 Å². The number of fused-ring (bicyclic) bond motifs is 9. The second-order valence-corrected chi connectivity index (χ2v) is 10.6. The first kappa shape index (κ1) is 20.2. The zero-order chi connectivity index (χ0) is 22.7. The van der Waals surface area contributed by atoms with Crippen LogP contribution >= 0.6 is 0 Å². The third kappa shape index (κ3) is 1.71. The van der Waals surface area contributed by atoms with Crippen molar-refractivity contribution in [1.82, 2.24) is 0 Å². The lowest BCUT2D eigenvalue weighted by Crippen LogP contribution is -2.51. The van der Waals surface area contributed by atoms with Crippen molar-refractivity contribution in [3.63, 3.8) is 0 Å². The van der Waals surface area contributed by atoms with Crippen LogP contribution in [0.4, 0.5) is 0 Å². The second kappa shape index (κ2) is 5.91. The lowest BCUT2D eigenvalue weighted by Gasteiger charge is -2.49. The van der Waals surface area contributed by atoms with Crippen molar-refractivity contribution in [3.8, 4) is 0 Å². The highest BCUT2D eigenvalue weighted by Crippen LogP contribution is 2.82. The molecule has 0 heterocycles. The minimum atomic E-state index is -0.343. The lowest BCUT2D eigenvalue weighted by molar-refractivity contribution is 0.0989. The summed E-state index contributed by atoms with van der Waals surface area (Å²) in [6.07, 6.45) is 0. The van der Waals surface area contributed by atoms with Crippen molar-refractivity contribution in [2.75, 3.05) is 0 Å². The first-order valence-corrected chi connectivity index (χ1v) is 11.5. The Morgan fingerprint density at radius 2 is 1.09 bits per heavy atom. The standard InChI is InChI=1S/C29H30O3/c1-26-20-10-8-17(14-30)12-23(20)27(2)21-11-9-18(15-31)13-24(21)28(3,29(26,27)4)25-19(16-32)6-5-7-22(25)26/h5-13,30-32H,14-16H2,1-4H3/t26-,27-,28+,29+/m0/s1. The number of aliphatic hydroxyl groups is 3. The van der Waals surface area contributed by atoms with E-state index < -0.39 is 0 Å². The van der Waals surface area contributed by atoms with Crippen LogP contribution in [0, 0.1) is 5.41 Å². The molecule has 0 unspecified atom stereocenters. The van der Waals surface area contributed by atoms with E-state index in [9.17, 15) is 15.3 Å². The van der Waals surface area contributed by atoms with E-state index in [2.05, 4.69) is 76.2 Å². The molecule has 32 heavy (non-hydrogen) atoms. The molecule has 3 aromatic rings. The van der Waals surface area contributed by atoms with Crippen molar-refractivity contribution in [3.05, 3.63) is 105 Å². The van der Waals surface area contributed by atoms with E-state index in [0.29, 0.717) is 0 Å². The first-order valence-electron chi connectivity index (χ1n) is 11.5. The fourth-order valence-corrected chi connectivity index (χ4v) is 8.34. The Balaban J connectivity index is 1.87. The summed E-state index contributed by atoms with van der Waals surface area (Å²) in [6, 6.07) is 19.3. The maximum Gasteiger partial charge on any atom is 0.0684 e. The van der Waals surface area contributed by atoms with Crippen LogP contribution in [0.2, 0.25) is 0 Å². The molecule has 0 saturated carbocycles. The van der Waals surface area contributed by atoms with Gasteiger partial charge in [0.25, 0.3) is 0 Å². The highest BCUT2D eigenvalue weighted by atomic mass is 16.3. The maximum atomic E-state index is 10.4. The lowest BCUT2D eigenvalue weighted by atomic mass is 9.52. The van der Waals surface area contributed by atoms with Gasteiger partial charge in [0.1, 0.15) is 0 Å². The van der Waals surface area contributed by atoms with Gasteiger partial charge >= 0.3 is 0 Å². The minimum Gasteiger partial charge on any atom is -0.392 e. The summed E-state index contributed by atoms with van der Waals surface area (Å²) in [5.74, 6) is 0. The van der Waals surface area contributed by atoms with Crippen LogP contribution in [0.5, 0.6) is 0 Å². The number of hydrogen-bond acceptors (Lipinski definition) is 3. The highest BCUT2D eigenvalue weighted by molar-refractivity contribution is 5.77. The maximum absolute atomic E-state index is 10.4. The second-order valence-electron chi connectivity index (χ2n) is 10.6. The molecule has 3 nitrogen and oxygen atoms in total. The van der Waals surface area contributed by atoms with Crippen LogP contribution in [0.1, 0.15) is 77.8 Å². The van der Waals surface area contributed by atoms with Gasteiger partial charge in [-0.25, -0.2) is 0 Å². The van der Waals surface area contributed by atoms with Crippen LogP contribution in [0.15, 0.2) is 54.6 Å². The fraction of sp³-hybridized carbons (Fsp3) is 0.379. The van der Waals surface area contributed by atoms with E-state index >= 15 is 0 Å². The van der Waals surface area contributed by atoms with Gasteiger partial charge in [0, 0.05) is 21.7 Å². The van der Waals surface area contributed by atoms with Gasteiger partial charge in [-0.3, -0.25) is 0 Å². The molecular weight excluding hydrogens is 396 g/mol. The summed E-state index contributed by atoms with van der Waals surface area (Å²) in [6.45, 7) is 9.55. The minimum absolute atomic E-state index is 0.00691. The number of hydrogen-bond donors (Lipinski definition) is 3. The smallest absolute Gasteiger partial charge is 0.0684 e. The van der Waals surface area contributed by atoms with Crippen molar-refractivity contribution < 1.29 is 15.3 Å². The third-order valence-electron chi connectivity index (χ3n) is 10.0. The zero-order valence-corrected chi connectivity index (χ0v) is 19.2. The first-order chi connectivity index (χ1) is 15.2. The van der Waals surface area contributed by atoms with Crippen molar-refractivity contribution in [2.45, 2.75) is 63.8 Å². The van der Waals surface area contributed by atoms with Crippen molar-refractivity contribution >= 4 is 0 Å². The van der Waals surface area contributed by atoms with Crippen LogP contribution in [-0.2, 0) is 36.1 Å². The Labute approximate surface area is 189 Å². The van der Waals surface area contributed by atoms with Crippen molar-refractivity contribution in [2.24, 2.45) is 5.41 Å². The molecule has 3 aromatic carbocycles. The highest BCUT2D eigenvalue weighted by Gasteiger charge is 2.79. The van der Waals surface area contributed by atoms with Crippen molar-refractivity contribution in [1.29, 1.82) is 0 Å². The average Bonchev–Trinajstić information content (AvgIpc) is 3.18. The van der Waals surface area contributed by atoms with Gasteiger partial charge in [0.15, 0.2) is 0 Å². The van der Waals surface area contributed by atoms with Gasteiger partial charge in [-0.1, -0.05) is 82.3 Å². The van der Waals surface area contributed by atoms with Crippen LogP contribution < -0.4 is 0 Å². The van der Waals surface area contributed by atoms with Crippen LogP contribution in [-0.4, -0.2) is 15.3 Å². The predicted molar refractivity (Wildman–Crippen MR) is 125 cm³/mol. The molecule has 3 aliphatic rings. The summed E-state index contributed by atoms with van der Waals surface area (Å²) in [5.41, 5.74) is 9.38. The molecule has 0 amide bonds. The molecular formula is C29H30O3. The predicted octanol–water partition coefficient (Wildman–Crippen LogP) is 4.43. The molecule has 0 aliphatic heterocycles. The van der Waals surface area contributed by atoms with Crippen LogP contribution in [0.3, 0.4) is 0 Å². The van der Waals surface area contributed by atoms with E-state index in [1.54, 1.807) is 0 Å². The Hall–Kier alpha value is -2.46. The molecule has 0 fully saturated rings. The molecule has 3 heteroatoms. The largest absolute Gasteiger partial charge is 0.392 e. The van der Waals surface area contributed by atoms with E-state index in [1.165, 1.54) is 33.4 Å².